The molecular formula is C16H12NO4+. The molecule has 4 rings (SSSR count). The van der Waals surface area contributed by atoms with Crippen LogP contribution in [-0.4, -0.2) is 0 Å². The Balaban J connectivity index is 2.10. The van der Waals surface area contributed by atoms with Gasteiger partial charge in [-0.1, -0.05) is 4.48 Å². The molecular weight excluding hydrogens is 270 g/mol. The molecule has 5 heteroatoms. The van der Waals surface area contributed by atoms with Gasteiger partial charge in [0.1, 0.15) is 0 Å². The van der Waals surface area contributed by atoms with Crippen molar-refractivity contribution in [3.05, 3.63) is 73.6 Å². The summed E-state index contributed by atoms with van der Waals surface area (Å²) in [5.41, 5.74) is 0. The molecule has 0 aliphatic carbocycles. The fourth-order valence-electron chi connectivity index (χ4n) is 2.49. The Bertz CT molecular complexity index is 638. The minimum atomic E-state index is -0.0278. The summed E-state index contributed by atoms with van der Waals surface area (Å²) in [7, 11) is 0. The van der Waals surface area contributed by atoms with Gasteiger partial charge in [-0.2, -0.15) is 0 Å². The fourth-order valence-corrected chi connectivity index (χ4v) is 2.49. The summed E-state index contributed by atoms with van der Waals surface area (Å²) in [4.78, 5) is 0. The zero-order chi connectivity index (χ0) is 14.1. The molecule has 0 radical (unpaired) electrons. The number of nitrogens with zero attached hydrogens (tertiary/aromatic N) is 1. The first-order valence-corrected chi connectivity index (χ1v) is 6.48. The van der Waals surface area contributed by atoms with Crippen LogP contribution in [0.4, 0.5) is 23.5 Å². The molecule has 0 spiro atoms. The van der Waals surface area contributed by atoms with Crippen LogP contribution in [0.1, 0.15) is 0 Å². The van der Waals surface area contributed by atoms with Crippen molar-refractivity contribution in [3.8, 4) is 0 Å². The lowest BCUT2D eigenvalue weighted by Crippen LogP contribution is -2.31. The van der Waals surface area contributed by atoms with Gasteiger partial charge in [0, 0.05) is 24.3 Å². The Labute approximate surface area is 120 Å². The molecule has 104 valence electrons. The molecule has 0 N–H and O–H groups in total. The largest absolute Gasteiger partial charge is 0.420 e. The standard InChI is InChI=1S/C16H12NO4/c1-5-13(18-9-1)17(14-6-2-10-19-14,15-7-3-11-20-15)16-8-4-12-21-16/h1-12H/q+1. The van der Waals surface area contributed by atoms with Gasteiger partial charge >= 0.3 is 23.5 Å². The van der Waals surface area contributed by atoms with Gasteiger partial charge in [0.15, 0.2) is 0 Å². The van der Waals surface area contributed by atoms with Gasteiger partial charge in [0.2, 0.25) is 0 Å². The predicted octanol–water partition coefficient (Wildman–Crippen LogP) is 5.36. The molecule has 0 amide bonds. The van der Waals surface area contributed by atoms with Crippen molar-refractivity contribution in [1.82, 2.24) is 4.48 Å². The van der Waals surface area contributed by atoms with Crippen LogP contribution in [-0.2, 0) is 0 Å². The Morgan fingerprint density at radius 2 is 0.762 bits per heavy atom. The van der Waals surface area contributed by atoms with Crippen LogP contribution in [0.5, 0.6) is 0 Å². The first kappa shape index (κ1) is 11.9. The lowest BCUT2D eigenvalue weighted by Gasteiger charge is -2.25. The molecule has 4 heterocycles. The van der Waals surface area contributed by atoms with Gasteiger partial charge in [0.05, 0.1) is 25.1 Å². The van der Waals surface area contributed by atoms with Crippen molar-refractivity contribution >= 4 is 23.5 Å². The lowest BCUT2D eigenvalue weighted by atomic mass is 10.3. The van der Waals surface area contributed by atoms with Crippen LogP contribution in [0.25, 0.3) is 0 Å². The number of furan rings is 4. The zero-order valence-electron chi connectivity index (χ0n) is 11.0. The van der Waals surface area contributed by atoms with E-state index in [-0.39, 0.29) is 4.48 Å². The van der Waals surface area contributed by atoms with Crippen LogP contribution in [0, 0.1) is 0 Å². The van der Waals surface area contributed by atoms with E-state index in [4.69, 9.17) is 17.7 Å². The van der Waals surface area contributed by atoms with Gasteiger partial charge in [-0.05, 0) is 24.3 Å². The van der Waals surface area contributed by atoms with Crippen molar-refractivity contribution < 1.29 is 17.7 Å². The Hall–Kier alpha value is -2.92. The van der Waals surface area contributed by atoms with Crippen molar-refractivity contribution in [2.45, 2.75) is 0 Å². The average Bonchev–Trinajstić information content (AvgIpc) is 3.32. The number of quaternary nitrogens is 1. The highest BCUT2D eigenvalue weighted by Crippen LogP contribution is 2.51. The third-order valence-corrected chi connectivity index (χ3v) is 3.35. The Morgan fingerprint density at radius 1 is 0.476 bits per heavy atom. The summed E-state index contributed by atoms with van der Waals surface area (Å²) >= 11 is 0. The highest BCUT2D eigenvalue weighted by atomic mass is 16.4. The SMILES string of the molecule is c1coc([N+](c2ccco2)(c2ccco2)c2ccco2)c1. The molecule has 0 saturated heterocycles. The normalized spacial score (nSPS) is 11.8. The predicted molar refractivity (Wildman–Crippen MR) is 75.6 cm³/mol. The molecule has 0 atom stereocenters. The summed E-state index contributed by atoms with van der Waals surface area (Å²) in [5.74, 6) is 2.43. The second kappa shape index (κ2) is 4.57. The van der Waals surface area contributed by atoms with Crippen molar-refractivity contribution in [3.63, 3.8) is 0 Å². The number of rotatable bonds is 4. The minimum absolute atomic E-state index is 0.0278. The van der Waals surface area contributed by atoms with Crippen LogP contribution >= 0.6 is 0 Å². The molecule has 4 aromatic rings. The van der Waals surface area contributed by atoms with E-state index in [2.05, 4.69) is 0 Å². The third kappa shape index (κ3) is 1.61. The van der Waals surface area contributed by atoms with Crippen LogP contribution in [0.15, 0.2) is 91.3 Å². The molecule has 0 fully saturated rings. The van der Waals surface area contributed by atoms with Crippen molar-refractivity contribution in [2.75, 3.05) is 0 Å². The summed E-state index contributed by atoms with van der Waals surface area (Å²) < 4.78 is 22.6. The lowest BCUT2D eigenvalue weighted by molar-refractivity contribution is 0.338. The molecule has 0 unspecified atom stereocenters. The molecule has 0 aromatic carbocycles. The van der Waals surface area contributed by atoms with Crippen LogP contribution in [0.3, 0.4) is 0 Å². The molecule has 0 aliphatic rings. The zero-order valence-corrected chi connectivity index (χ0v) is 11.0. The van der Waals surface area contributed by atoms with E-state index in [9.17, 15) is 0 Å². The minimum Gasteiger partial charge on any atom is -0.420 e. The number of hydrogen-bond acceptors (Lipinski definition) is 4. The maximum absolute atomic E-state index is 5.66. The summed E-state index contributed by atoms with van der Waals surface area (Å²) in [6.45, 7) is 0. The van der Waals surface area contributed by atoms with Gasteiger partial charge < -0.3 is 17.7 Å². The Kier molecular flexibility index (Phi) is 2.58. The Morgan fingerprint density at radius 3 is 0.952 bits per heavy atom. The summed E-state index contributed by atoms with van der Waals surface area (Å²) in [6, 6.07) is 14.7. The second-order valence-corrected chi connectivity index (χ2v) is 4.48. The van der Waals surface area contributed by atoms with E-state index in [1.54, 1.807) is 25.1 Å². The summed E-state index contributed by atoms with van der Waals surface area (Å²) in [5, 5.41) is 0. The van der Waals surface area contributed by atoms with E-state index in [0.29, 0.717) is 23.5 Å². The van der Waals surface area contributed by atoms with Crippen LogP contribution in [0.2, 0.25) is 0 Å². The first-order valence-electron chi connectivity index (χ1n) is 6.48. The monoisotopic (exact) mass is 282 g/mol. The van der Waals surface area contributed by atoms with Gasteiger partial charge in [-0.25, -0.2) is 0 Å². The number of hydrogen-bond donors (Lipinski definition) is 0. The van der Waals surface area contributed by atoms with Crippen LogP contribution < -0.4 is 4.48 Å². The van der Waals surface area contributed by atoms with Crippen molar-refractivity contribution in [2.24, 2.45) is 0 Å². The van der Waals surface area contributed by atoms with Gasteiger partial charge in [-0.15, -0.1) is 0 Å². The summed E-state index contributed by atoms with van der Waals surface area (Å²) in [6.07, 6.45) is 6.43. The third-order valence-electron chi connectivity index (χ3n) is 3.35. The fraction of sp³-hybridized carbons (Fsp3) is 0. The van der Waals surface area contributed by atoms with E-state index in [1.807, 2.05) is 48.5 Å². The molecule has 5 nitrogen and oxygen atoms in total. The van der Waals surface area contributed by atoms with E-state index in [0.717, 1.165) is 0 Å². The van der Waals surface area contributed by atoms with Gasteiger partial charge in [0.25, 0.3) is 0 Å². The van der Waals surface area contributed by atoms with E-state index in [1.165, 1.54) is 0 Å². The van der Waals surface area contributed by atoms with E-state index >= 15 is 0 Å². The molecule has 4 aromatic heterocycles. The quantitative estimate of drug-likeness (QED) is 0.473. The molecule has 0 saturated carbocycles. The highest BCUT2D eigenvalue weighted by molar-refractivity contribution is 5.70. The van der Waals surface area contributed by atoms with E-state index < -0.39 is 0 Å². The molecule has 0 aliphatic heterocycles. The maximum Gasteiger partial charge on any atom is 0.320 e. The average molecular weight is 282 g/mol. The topological polar surface area (TPSA) is 52.6 Å². The second-order valence-electron chi connectivity index (χ2n) is 4.48. The van der Waals surface area contributed by atoms with Crippen molar-refractivity contribution in [1.29, 1.82) is 0 Å². The molecule has 21 heavy (non-hydrogen) atoms. The first-order chi connectivity index (χ1) is 10.4. The smallest absolute Gasteiger partial charge is 0.320 e. The maximum atomic E-state index is 5.66. The highest BCUT2D eigenvalue weighted by Gasteiger charge is 2.49. The van der Waals surface area contributed by atoms with Gasteiger partial charge in [-0.3, -0.25) is 0 Å². The molecule has 0 bridgehead atoms.